The van der Waals surface area contributed by atoms with E-state index in [1.165, 1.54) is 37.1 Å². The van der Waals surface area contributed by atoms with Crippen molar-refractivity contribution in [3.05, 3.63) is 30.1 Å². The van der Waals surface area contributed by atoms with E-state index in [0.29, 0.717) is 0 Å². The molecule has 1 aliphatic heterocycles. The number of carboxylic acid groups (broad SMARTS) is 1. The molecular formula is C15H17FN2O4. The summed E-state index contributed by atoms with van der Waals surface area (Å²) in [6, 6.07) is 4.87. The zero-order valence-electron chi connectivity index (χ0n) is 12.3. The minimum Gasteiger partial charge on any atom is -0.480 e. The van der Waals surface area contributed by atoms with Crippen LogP contribution in [0.15, 0.2) is 24.3 Å². The second-order valence-corrected chi connectivity index (χ2v) is 5.32. The van der Waals surface area contributed by atoms with Crippen molar-refractivity contribution in [3.63, 3.8) is 0 Å². The first-order chi connectivity index (χ1) is 10.3. The number of carbonyl (C=O) groups excluding carboxylic acids is 2. The number of amides is 2. The van der Waals surface area contributed by atoms with Crippen LogP contribution in [0.25, 0.3) is 0 Å². The summed E-state index contributed by atoms with van der Waals surface area (Å²) in [5.41, 5.74) is 0.136. The highest BCUT2D eigenvalue weighted by atomic mass is 19.1. The van der Waals surface area contributed by atoms with Crippen LogP contribution in [0.5, 0.6) is 0 Å². The van der Waals surface area contributed by atoms with Crippen molar-refractivity contribution in [3.8, 4) is 0 Å². The fourth-order valence-corrected chi connectivity index (χ4v) is 2.42. The van der Waals surface area contributed by atoms with Crippen LogP contribution in [0.2, 0.25) is 0 Å². The number of benzene rings is 1. The van der Waals surface area contributed by atoms with Gasteiger partial charge < -0.3 is 14.9 Å². The largest absolute Gasteiger partial charge is 0.480 e. The normalized spacial score (nSPS) is 19.1. The quantitative estimate of drug-likeness (QED) is 0.904. The van der Waals surface area contributed by atoms with E-state index in [0.717, 1.165) is 4.90 Å². The molecule has 1 aromatic rings. The third-order valence-corrected chi connectivity index (χ3v) is 3.90. The molecule has 1 heterocycles. The van der Waals surface area contributed by atoms with Gasteiger partial charge in [0.05, 0.1) is 11.6 Å². The fourth-order valence-electron chi connectivity index (χ4n) is 2.42. The van der Waals surface area contributed by atoms with Crippen molar-refractivity contribution >= 4 is 23.5 Å². The van der Waals surface area contributed by atoms with Gasteiger partial charge in [-0.15, -0.1) is 0 Å². The lowest BCUT2D eigenvalue weighted by Crippen LogP contribution is -2.43. The zero-order valence-corrected chi connectivity index (χ0v) is 12.3. The molecule has 1 fully saturated rings. The average Bonchev–Trinajstić information content (AvgIpc) is 2.87. The number of halogens is 1. The lowest BCUT2D eigenvalue weighted by Gasteiger charge is -2.24. The van der Waals surface area contributed by atoms with Crippen LogP contribution in [0.3, 0.4) is 0 Å². The molecule has 0 saturated carbocycles. The Morgan fingerprint density at radius 2 is 2.05 bits per heavy atom. The highest BCUT2D eigenvalue weighted by molar-refractivity contribution is 6.00. The van der Waals surface area contributed by atoms with Crippen LogP contribution >= 0.6 is 0 Å². The topological polar surface area (TPSA) is 77.9 Å². The minimum atomic E-state index is -1.12. The van der Waals surface area contributed by atoms with Crippen LogP contribution in [0, 0.1) is 11.7 Å². The first kappa shape index (κ1) is 15.9. The van der Waals surface area contributed by atoms with Crippen molar-refractivity contribution in [2.45, 2.75) is 19.4 Å². The predicted molar refractivity (Wildman–Crippen MR) is 76.7 cm³/mol. The van der Waals surface area contributed by atoms with Crippen LogP contribution in [0.1, 0.15) is 13.3 Å². The molecule has 118 valence electrons. The van der Waals surface area contributed by atoms with Gasteiger partial charge in [0.25, 0.3) is 0 Å². The molecule has 0 aromatic heterocycles. The van der Waals surface area contributed by atoms with Crippen LogP contribution in [-0.4, -0.2) is 47.4 Å². The lowest BCUT2D eigenvalue weighted by atomic mass is 10.1. The second-order valence-electron chi connectivity index (χ2n) is 5.32. The summed E-state index contributed by atoms with van der Waals surface area (Å²) in [4.78, 5) is 37.6. The molecule has 6 nitrogen and oxygen atoms in total. The van der Waals surface area contributed by atoms with E-state index in [9.17, 15) is 18.8 Å². The smallest absolute Gasteiger partial charge is 0.326 e. The van der Waals surface area contributed by atoms with Gasteiger partial charge in [-0.2, -0.15) is 0 Å². The van der Waals surface area contributed by atoms with Gasteiger partial charge in [-0.3, -0.25) is 9.59 Å². The van der Waals surface area contributed by atoms with Gasteiger partial charge in [0, 0.05) is 20.0 Å². The second kappa shape index (κ2) is 6.13. The summed E-state index contributed by atoms with van der Waals surface area (Å²) >= 11 is 0. The van der Waals surface area contributed by atoms with Gasteiger partial charge in [0.2, 0.25) is 11.8 Å². The molecule has 1 saturated heterocycles. The van der Waals surface area contributed by atoms with Gasteiger partial charge in [-0.05, 0) is 19.1 Å². The molecule has 0 spiro atoms. The summed E-state index contributed by atoms with van der Waals surface area (Å²) in [6.45, 7) is 1.45. The summed E-state index contributed by atoms with van der Waals surface area (Å²) in [6.07, 6.45) is -0.0517. The molecule has 0 radical (unpaired) electrons. The molecule has 1 aliphatic rings. The SMILES string of the molecule is CC(C(=O)O)N(C)C(=O)C1CC(=O)N(c2ccccc2F)C1. The third kappa shape index (κ3) is 2.93. The lowest BCUT2D eigenvalue weighted by molar-refractivity contribution is -0.149. The molecule has 2 amide bonds. The van der Waals surface area contributed by atoms with Crippen molar-refractivity contribution in [2.75, 3.05) is 18.5 Å². The highest BCUT2D eigenvalue weighted by Gasteiger charge is 2.38. The van der Waals surface area contributed by atoms with Crippen LogP contribution in [0.4, 0.5) is 10.1 Å². The van der Waals surface area contributed by atoms with Crippen molar-refractivity contribution in [1.29, 1.82) is 0 Å². The zero-order chi connectivity index (χ0) is 16.4. The van der Waals surface area contributed by atoms with Crippen LogP contribution in [-0.2, 0) is 14.4 Å². The number of hydrogen-bond acceptors (Lipinski definition) is 3. The maximum atomic E-state index is 13.8. The predicted octanol–water partition coefficient (Wildman–Crippen LogP) is 1.11. The molecule has 1 aromatic carbocycles. The molecule has 0 aliphatic carbocycles. The Morgan fingerprint density at radius 3 is 2.64 bits per heavy atom. The number of aliphatic carboxylic acids is 1. The Morgan fingerprint density at radius 1 is 1.41 bits per heavy atom. The Kier molecular flexibility index (Phi) is 4.44. The number of hydrogen-bond donors (Lipinski definition) is 1. The third-order valence-electron chi connectivity index (χ3n) is 3.90. The fraction of sp³-hybridized carbons (Fsp3) is 0.400. The van der Waals surface area contributed by atoms with Gasteiger partial charge in [-0.25, -0.2) is 9.18 Å². The number of carbonyl (C=O) groups is 3. The first-order valence-corrected chi connectivity index (χ1v) is 6.87. The van der Waals surface area contributed by atoms with E-state index in [2.05, 4.69) is 0 Å². The Bertz CT molecular complexity index is 619. The van der Waals surface area contributed by atoms with E-state index in [-0.39, 0.29) is 24.6 Å². The number of para-hydroxylation sites is 1. The number of likely N-dealkylation sites (N-methyl/N-ethyl adjacent to an activating group) is 1. The molecule has 22 heavy (non-hydrogen) atoms. The van der Waals surface area contributed by atoms with Gasteiger partial charge in [0.15, 0.2) is 0 Å². The molecule has 2 unspecified atom stereocenters. The Balaban J connectivity index is 2.14. The maximum Gasteiger partial charge on any atom is 0.326 e. The van der Waals surface area contributed by atoms with Crippen molar-refractivity contribution in [2.24, 2.45) is 5.92 Å². The Labute approximate surface area is 127 Å². The minimum absolute atomic E-state index is 0.0509. The van der Waals surface area contributed by atoms with Crippen molar-refractivity contribution in [1.82, 2.24) is 4.90 Å². The van der Waals surface area contributed by atoms with Gasteiger partial charge in [-0.1, -0.05) is 12.1 Å². The van der Waals surface area contributed by atoms with E-state index >= 15 is 0 Å². The monoisotopic (exact) mass is 308 g/mol. The molecule has 2 atom stereocenters. The average molecular weight is 308 g/mol. The number of anilines is 1. The maximum absolute atomic E-state index is 13.8. The van der Waals surface area contributed by atoms with Gasteiger partial charge in [0.1, 0.15) is 11.9 Å². The van der Waals surface area contributed by atoms with E-state index in [1.54, 1.807) is 6.07 Å². The molecule has 0 bridgehead atoms. The summed E-state index contributed by atoms with van der Waals surface area (Å²) < 4.78 is 13.8. The molecule has 7 heteroatoms. The Hall–Kier alpha value is -2.44. The van der Waals surface area contributed by atoms with Crippen LogP contribution < -0.4 is 4.90 Å². The first-order valence-electron chi connectivity index (χ1n) is 6.87. The number of rotatable bonds is 4. The summed E-state index contributed by atoms with van der Waals surface area (Å²) in [5, 5.41) is 8.94. The standard InChI is InChI=1S/C15H17FN2O4/c1-9(15(21)22)17(2)14(20)10-7-13(19)18(8-10)12-6-4-3-5-11(12)16/h3-6,9-10H,7-8H2,1-2H3,(H,21,22). The van der Waals surface area contributed by atoms with Crippen molar-refractivity contribution < 1.29 is 23.9 Å². The van der Waals surface area contributed by atoms with E-state index < -0.39 is 29.7 Å². The molecule has 1 N–H and O–H groups in total. The van der Waals surface area contributed by atoms with E-state index in [1.807, 2.05) is 0 Å². The number of carboxylic acids is 1. The highest BCUT2D eigenvalue weighted by Crippen LogP contribution is 2.28. The number of nitrogens with zero attached hydrogens (tertiary/aromatic N) is 2. The molecular weight excluding hydrogens is 291 g/mol. The summed E-state index contributed by atoms with van der Waals surface area (Å²) in [5.74, 6) is -3.09. The van der Waals surface area contributed by atoms with Gasteiger partial charge >= 0.3 is 5.97 Å². The summed E-state index contributed by atoms with van der Waals surface area (Å²) in [7, 11) is 1.39. The molecule has 2 rings (SSSR count). The van der Waals surface area contributed by atoms with E-state index in [4.69, 9.17) is 5.11 Å².